The van der Waals surface area contributed by atoms with Crippen molar-refractivity contribution >= 4 is 28.7 Å². The fourth-order valence-corrected chi connectivity index (χ4v) is 4.74. The molecule has 4 aromatic rings. The number of nitrogens with one attached hydrogen (secondary N) is 1. The van der Waals surface area contributed by atoms with Crippen molar-refractivity contribution in [2.45, 2.75) is 12.3 Å². The number of aromatic nitrogens is 1. The molecule has 2 N–H and O–H groups in total. The number of para-hydroxylation sites is 1. The molecule has 1 unspecified atom stereocenters. The fraction of sp³-hybridized carbons (Fsp3) is 0.107. The standard InChI is InChI=1S/C28H19NO7/c1-34-21-8-6-14(10-20(21)30)11-23-26(32)16-7-9-22-25(27(16)36-23)17(13-24(31)35-22)18-12-15-4-2-3-5-19(15)29-28(18)33/h2-12,17,30H,13H2,1H3,(H,29,33)/b23-11-. The van der Waals surface area contributed by atoms with E-state index in [2.05, 4.69) is 4.98 Å². The van der Waals surface area contributed by atoms with Gasteiger partial charge in [-0.2, -0.15) is 0 Å². The van der Waals surface area contributed by atoms with Gasteiger partial charge in [0.25, 0.3) is 5.56 Å². The topological polar surface area (TPSA) is 115 Å². The van der Waals surface area contributed by atoms with E-state index < -0.39 is 11.9 Å². The Morgan fingerprint density at radius 2 is 1.86 bits per heavy atom. The van der Waals surface area contributed by atoms with Crippen LogP contribution in [0.3, 0.4) is 0 Å². The van der Waals surface area contributed by atoms with Crippen molar-refractivity contribution in [2.24, 2.45) is 0 Å². The summed E-state index contributed by atoms with van der Waals surface area (Å²) in [4.78, 5) is 41.6. The van der Waals surface area contributed by atoms with Crippen LogP contribution in [0.5, 0.6) is 23.0 Å². The monoisotopic (exact) mass is 481 g/mol. The summed E-state index contributed by atoms with van der Waals surface area (Å²) in [6, 6.07) is 16.9. The van der Waals surface area contributed by atoms with Crippen molar-refractivity contribution in [1.82, 2.24) is 4.98 Å². The van der Waals surface area contributed by atoms with Crippen LogP contribution in [-0.4, -0.2) is 29.0 Å². The third kappa shape index (κ3) is 3.42. The number of carbonyl (C=O) groups excluding carboxylic acids is 2. The molecule has 0 aliphatic carbocycles. The number of aromatic hydroxyl groups is 1. The lowest BCUT2D eigenvalue weighted by Crippen LogP contribution is -2.26. The van der Waals surface area contributed by atoms with Gasteiger partial charge in [0.1, 0.15) is 11.5 Å². The summed E-state index contributed by atoms with van der Waals surface area (Å²) < 4.78 is 16.5. The Kier molecular flexibility index (Phi) is 4.89. The molecule has 8 nitrogen and oxygen atoms in total. The molecule has 0 saturated carbocycles. The molecule has 36 heavy (non-hydrogen) atoms. The maximum absolute atomic E-state index is 13.2. The van der Waals surface area contributed by atoms with Gasteiger partial charge < -0.3 is 24.3 Å². The first-order valence-electron chi connectivity index (χ1n) is 11.2. The number of hydrogen-bond acceptors (Lipinski definition) is 7. The summed E-state index contributed by atoms with van der Waals surface area (Å²) in [6.45, 7) is 0. The number of rotatable bonds is 3. The molecule has 0 amide bonds. The van der Waals surface area contributed by atoms with Gasteiger partial charge in [-0.3, -0.25) is 14.4 Å². The minimum atomic E-state index is -0.665. The van der Waals surface area contributed by atoms with Crippen LogP contribution in [0.25, 0.3) is 17.0 Å². The summed E-state index contributed by atoms with van der Waals surface area (Å²) in [5, 5.41) is 10.9. The van der Waals surface area contributed by atoms with E-state index in [1.54, 1.807) is 36.4 Å². The summed E-state index contributed by atoms with van der Waals surface area (Å²) in [5.41, 5.74) is 2.05. The zero-order valence-electron chi connectivity index (χ0n) is 19.0. The van der Waals surface area contributed by atoms with Gasteiger partial charge in [0.05, 0.1) is 19.1 Å². The van der Waals surface area contributed by atoms with E-state index in [1.165, 1.54) is 19.3 Å². The number of methoxy groups -OCH3 is 1. The average Bonchev–Trinajstić information content (AvgIpc) is 3.18. The van der Waals surface area contributed by atoms with Crippen LogP contribution < -0.4 is 19.8 Å². The molecule has 8 heteroatoms. The number of allylic oxidation sites excluding steroid dienone is 1. The second kappa shape index (κ2) is 8.13. The van der Waals surface area contributed by atoms with E-state index in [9.17, 15) is 19.5 Å². The molecule has 178 valence electrons. The summed E-state index contributed by atoms with van der Waals surface area (Å²) in [6.07, 6.45) is 1.44. The Hall–Kier alpha value is -4.85. The maximum atomic E-state index is 13.2. The van der Waals surface area contributed by atoms with Gasteiger partial charge in [0.15, 0.2) is 17.3 Å². The zero-order chi connectivity index (χ0) is 25.0. The highest BCUT2D eigenvalue weighted by atomic mass is 16.5. The van der Waals surface area contributed by atoms with Crippen molar-refractivity contribution in [2.75, 3.05) is 7.11 Å². The highest BCUT2D eigenvalue weighted by molar-refractivity contribution is 6.15. The van der Waals surface area contributed by atoms with Gasteiger partial charge in [0, 0.05) is 22.6 Å². The van der Waals surface area contributed by atoms with E-state index >= 15 is 0 Å². The number of phenols is 1. The number of pyridine rings is 1. The molecule has 1 atom stereocenters. The Morgan fingerprint density at radius 1 is 1.03 bits per heavy atom. The van der Waals surface area contributed by atoms with E-state index in [4.69, 9.17) is 14.2 Å². The Labute approximate surface area is 204 Å². The van der Waals surface area contributed by atoms with Crippen molar-refractivity contribution < 1.29 is 28.9 Å². The largest absolute Gasteiger partial charge is 0.504 e. The van der Waals surface area contributed by atoms with Gasteiger partial charge >= 0.3 is 5.97 Å². The van der Waals surface area contributed by atoms with Crippen LogP contribution in [0.4, 0.5) is 0 Å². The number of phenolic OH excluding ortho intramolecular Hbond substituents is 1. The molecular formula is C28H19NO7. The number of hydrogen-bond donors (Lipinski definition) is 2. The lowest BCUT2D eigenvalue weighted by atomic mass is 9.85. The fourth-order valence-electron chi connectivity index (χ4n) is 4.74. The lowest BCUT2D eigenvalue weighted by molar-refractivity contribution is -0.135. The SMILES string of the molecule is COc1ccc(/C=C2\Oc3c(ccc4c3C(c3cc5ccccc5[nH]c3=O)CC(=O)O4)C2=O)cc1O. The highest BCUT2D eigenvalue weighted by Gasteiger charge is 2.39. The lowest BCUT2D eigenvalue weighted by Gasteiger charge is -2.26. The van der Waals surface area contributed by atoms with E-state index in [0.717, 1.165) is 5.39 Å². The number of ketones is 1. The van der Waals surface area contributed by atoms with Crippen molar-refractivity contribution in [3.63, 3.8) is 0 Å². The number of aromatic amines is 1. The van der Waals surface area contributed by atoms with Gasteiger partial charge in [-0.1, -0.05) is 24.3 Å². The summed E-state index contributed by atoms with van der Waals surface area (Å²) >= 11 is 0. The zero-order valence-corrected chi connectivity index (χ0v) is 19.0. The van der Waals surface area contributed by atoms with Crippen LogP contribution in [-0.2, 0) is 4.79 Å². The van der Waals surface area contributed by atoms with Gasteiger partial charge in [-0.15, -0.1) is 0 Å². The van der Waals surface area contributed by atoms with Crippen molar-refractivity contribution in [3.05, 3.63) is 99.0 Å². The molecule has 0 bridgehead atoms. The second-order valence-corrected chi connectivity index (χ2v) is 8.60. The third-order valence-corrected chi connectivity index (χ3v) is 6.44. The first kappa shape index (κ1) is 21.7. The molecule has 3 aromatic carbocycles. The predicted octanol–water partition coefficient (Wildman–Crippen LogP) is 4.30. The van der Waals surface area contributed by atoms with Crippen LogP contribution >= 0.6 is 0 Å². The van der Waals surface area contributed by atoms with Gasteiger partial charge in [-0.25, -0.2) is 0 Å². The Morgan fingerprint density at radius 3 is 2.67 bits per heavy atom. The normalized spacial score (nSPS) is 17.5. The minimum Gasteiger partial charge on any atom is -0.504 e. The Balaban J connectivity index is 1.47. The minimum absolute atomic E-state index is 0.0473. The number of H-pyrrole nitrogens is 1. The highest BCUT2D eigenvalue weighted by Crippen LogP contribution is 2.48. The predicted molar refractivity (Wildman–Crippen MR) is 131 cm³/mol. The summed E-state index contributed by atoms with van der Waals surface area (Å²) in [7, 11) is 1.44. The third-order valence-electron chi connectivity index (χ3n) is 6.44. The summed E-state index contributed by atoms with van der Waals surface area (Å²) in [5.74, 6) is -0.717. The number of Topliss-reactive ketones (excluding diaryl/α,β-unsaturated/α-hetero) is 1. The van der Waals surface area contributed by atoms with E-state index in [1.807, 2.05) is 18.2 Å². The van der Waals surface area contributed by atoms with Crippen molar-refractivity contribution in [1.29, 1.82) is 0 Å². The smallest absolute Gasteiger partial charge is 0.312 e. The molecule has 0 fully saturated rings. The van der Waals surface area contributed by atoms with Gasteiger partial charge in [-0.05, 0) is 53.4 Å². The van der Waals surface area contributed by atoms with Crippen LogP contribution in [0.1, 0.15) is 39.4 Å². The molecule has 2 aliphatic rings. The number of ether oxygens (including phenoxy) is 3. The number of benzene rings is 3. The Bertz CT molecular complexity index is 1680. The average molecular weight is 481 g/mol. The van der Waals surface area contributed by atoms with Crippen molar-refractivity contribution in [3.8, 4) is 23.0 Å². The van der Waals surface area contributed by atoms with E-state index in [-0.39, 0.29) is 40.8 Å². The molecule has 0 saturated heterocycles. The number of esters is 1. The molecule has 3 heterocycles. The van der Waals surface area contributed by atoms with Crippen LogP contribution in [0.15, 0.2) is 71.2 Å². The molecule has 0 spiro atoms. The number of carbonyl (C=O) groups is 2. The molecule has 0 radical (unpaired) electrons. The van der Waals surface area contributed by atoms with E-state index in [0.29, 0.717) is 33.5 Å². The van der Waals surface area contributed by atoms with Gasteiger partial charge in [0.2, 0.25) is 5.78 Å². The molecule has 6 rings (SSSR count). The van der Waals surface area contributed by atoms with Crippen LogP contribution in [0.2, 0.25) is 0 Å². The molecule has 1 aromatic heterocycles. The van der Waals surface area contributed by atoms with Crippen LogP contribution in [0, 0.1) is 0 Å². The number of fused-ring (bicyclic) bond motifs is 4. The second-order valence-electron chi connectivity index (χ2n) is 8.60. The maximum Gasteiger partial charge on any atom is 0.312 e. The first-order chi connectivity index (χ1) is 17.4. The molecular weight excluding hydrogens is 462 g/mol. The quantitative estimate of drug-likeness (QED) is 0.255. The molecule has 2 aliphatic heterocycles. The first-order valence-corrected chi connectivity index (χ1v) is 11.2.